The van der Waals surface area contributed by atoms with Crippen LogP contribution >= 0.6 is 25.0 Å². The predicted octanol–water partition coefficient (Wildman–Crippen LogP) is -1.16. The van der Waals surface area contributed by atoms with Crippen LogP contribution in [-0.2, 0) is 41.5 Å². The summed E-state index contributed by atoms with van der Waals surface area (Å²) in [5.41, 5.74) is 10.4. The van der Waals surface area contributed by atoms with Crippen LogP contribution in [-0.4, -0.2) is 107 Å². The number of anilines is 4. The number of aliphatic hydroxyl groups excluding tert-OH is 1. The van der Waals surface area contributed by atoms with E-state index in [2.05, 4.69) is 48.8 Å². The van der Waals surface area contributed by atoms with E-state index in [1.807, 2.05) is 0 Å². The van der Waals surface area contributed by atoms with Gasteiger partial charge < -0.3 is 56.1 Å². The molecule has 2 saturated heterocycles. The second kappa shape index (κ2) is 15.9. The number of phosphoric ester groups is 1. The van der Waals surface area contributed by atoms with Crippen molar-refractivity contribution < 1.29 is 61.3 Å². The average Bonchev–Trinajstić information content (AvgIpc) is 3.73. The molecule has 2 aliphatic rings. The van der Waals surface area contributed by atoms with Crippen LogP contribution in [0.1, 0.15) is 19.1 Å². The Morgan fingerprint density at radius 1 is 1.12 bits per heavy atom. The van der Waals surface area contributed by atoms with Gasteiger partial charge in [-0.25, -0.2) is 23.1 Å². The number of aromatic amines is 2. The number of aromatic nitrogens is 6. The number of methoxy groups -OCH3 is 1. The Kier molecular flexibility index (Phi) is 12.1. The number of nitrogens with zero attached hydrogens (tertiary/aromatic N) is 4. The minimum atomic E-state index is -5.05. The number of hydrogen-bond donors (Lipinski definition) is 10. The molecule has 0 amide bonds. The summed E-state index contributed by atoms with van der Waals surface area (Å²) in [7, 11) is -8.55. The third-order valence-corrected chi connectivity index (χ3v) is 10.2. The van der Waals surface area contributed by atoms with Crippen LogP contribution in [0.4, 0.5) is 23.4 Å². The van der Waals surface area contributed by atoms with Gasteiger partial charge in [0, 0.05) is 14.2 Å². The monoisotopic (exact) mass is 758 g/mol. The topological polar surface area (TPSA) is 357 Å². The summed E-state index contributed by atoms with van der Waals surface area (Å²) in [4.78, 5) is 75.8. The van der Waals surface area contributed by atoms with E-state index in [0.717, 1.165) is 0 Å². The zero-order chi connectivity index (χ0) is 35.5. The van der Waals surface area contributed by atoms with Crippen molar-refractivity contribution in [3.63, 3.8) is 0 Å². The van der Waals surface area contributed by atoms with E-state index < -0.39 is 79.6 Å². The standard InChI is InChI=1S/C21H33N10O15P3/c1-24-11-15(27-20(22)29-17(11)33)26-19-13(32)14(39-2)9(43-19)6-41-49(37,38)46-48(36)45-47(35)44-40-5-8-3-4-10(42-8)31-7-25-12-16(31)28-21(23)30-18(12)34/h7-10,13-14,19,24,32,35-36H,3-6H2,1-2H3,(H,37,38)(H3,23,28,30,34)(H4,22,26,27,29,33). The van der Waals surface area contributed by atoms with Gasteiger partial charge >= 0.3 is 25.0 Å². The van der Waals surface area contributed by atoms with Crippen molar-refractivity contribution in [1.82, 2.24) is 29.5 Å². The Morgan fingerprint density at radius 2 is 1.86 bits per heavy atom. The fourth-order valence-electron chi connectivity index (χ4n) is 4.93. The highest BCUT2D eigenvalue weighted by Gasteiger charge is 2.46. The Balaban J connectivity index is 1.04. The number of nitrogens with two attached hydrogens (primary N) is 2. The van der Waals surface area contributed by atoms with Crippen molar-refractivity contribution in [3.8, 4) is 0 Å². The van der Waals surface area contributed by atoms with Crippen molar-refractivity contribution in [1.29, 1.82) is 0 Å². The molecule has 0 spiro atoms. The van der Waals surface area contributed by atoms with Crippen LogP contribution in [0.2, 0.25) is 0 Å². The molecule has 12 N–H and O–H groups in total. The molecule has 5 rings (SSSR count). The van der Waals surface area contributed by atoms with Crippen LogP contribution in [0.15, 0.2) is 15.9 Å². The molecule has 0 saturated carbocycles. The van der Waals surface area contributed by atoms with Gasteiger partial charge in [0.1, 0.15) is 36.8 Å². The van der Waals surface area contributed by atoms with Crippen molar-refractivity contribution in [2.75, 3.05) is 49.5 Å². The number of fused-ring (bicyclic) bond motifs is 1. The Hall–Kier alpha value is -2.96. The van der Waals surface area contributed by atoms with Gasteiger partial charge in [-0.3, -0.25) is 28.6 Å². The molecule has 2 aliphatic heterocycles. The molecule has 9 atom stereocenters. The first-order valence-electron chi connectivity index (χ1n) is 14.0. The quantitative estimate of drug-likeness (QED) is 0.0467. The number of phosphoric acid groups is 1. The lowest BCUT2D eigenvalue weighted by Gasteiger charge is -2.20. The highest BCUT2D eigenvalue weighted by molar-refractivity contribution is 7.62. The van der Waals surface area contributed by atoms with Crippen LogP contribution in [0.3, 0.4) is 0 Å². The smallest absolute Gasteiger partial charge is 0.386 e. The molecule has 0 radical (unpaired) electrons. The Morgan fingerprint density at radius 3 is 2.59 bits per heavy atom. The summed E-state index contributed by atoms with van der Waals surface area (Å²) >= 11 is 0. The summed E-state index contributed by atoms with van der Waals surface area (Å²) in [5.74, 6) is -0.353. The lowest BCUT2D eigenvalue weighted by Crippen LogP contribution is -2.38. The third kappa shape index (κ3) is 9.05. The molecule has 0 bridgehead atoms. The lowest BCUT2D eigenvalue weighted by molar-refractivity contribution is -0.233. The summed E-state index contributed by atoms with van der Waals surface area (Å²) in [6.07, 6.45) is -3.60. The second-order valence-electron chi connectivity index (χ2n) is 10.2. The fourth-order valence-corrected chi connectivity index (χ4v) is 7.29. The van der Waals surface area contributed by atoms with Crippen molar-refractivity contribution in [3.05, 3.63) is 27.0 Å². The largest absolute Gasteiger partial charge is 0.479 e. The minimum absolute atomic E-state index is 0.00906. The second-order valence-corrected chi connectivity index (χ2v) is 13.8. The molecule has 3 aromatic heterocycles. The molecule has 25 nitrogen and oxygen atoms in total. The highest BCUT2D eigenvalue weighted by atomic mass is 31.3. The zero-order valence-electron chi connectivity index (χ0n) is 25.4. The number of imidazole rings is 1. The van der Waals surface area contributed by atoms with Crippen molar-refractivity contribution in [2.45, 2.75) is 49.7 Å². The first-order chi connectivity index (χ1) is 23.3. The minimum Gasteiger partial charge on any atom is -0.386 e. The number of rotatable bonds is 16. The molecular formula is C21H33N10O15P3. The molecule has 28 heteroatoms. The summed E-state index contributed by atoms with van der Waals surface area (Å²) in [5, 5.41) is 16.0. The molecule has 272 valence electrons. The third-order valence-electron chi connectivity index (χ3n) is 7.00. The maximum absolute atomic E-state index is 12.4. The van der Waals surface area contributed by atoms with E-state index in [4.69, 9.17) is 35.1 Å². The van der Waals surface area contributed by atoms with Gasteiger partial charge in [-0.2, -0.15) is 14.6 Å². The average molecular weight is 758 g/mol. The van der Waals surface area contributed by atoms with Gasteiger partial charge in [0.2, 0.25) is 11.9 Å². The van der Waals surface area contributed by atoms with E-state index in [0.29, 0.717) is 12.8 Å². The van der Waals surface area contributed by atoms with E-state index in [1.165, 1.54) is 20.5 Å². The molecule has 9 unspecified atom stereocenters. The molecule has 0 aromatic carbocycles. The number of ether oxygens (including phenoxy) is 3. The fraction of sp³-hybridized carbons (Fsp3) is 0.571. The summed E-state index contributed by atoms with van der Waals surface area (Å²) in [6.45, 7) is -0.892. The number of H-pyrrole nitrogens is 2. The maximum atomic E-state index is 12.4. The molecule has 3 aromatic rings. The van der Waals surface area contributed by atoms with Gasteiger partial charge in [-0.15, -0.1) is 0 Å². The van der Waals surface area contributed by atoms with Crippen LogP contribution in [0.25, 0.3) is 11.2 Å². The SMILES string of the molecule is CNc1c(NC2OC(COP(=O)(O)OP(O)OP(O)OOCC3CCC(n4cnc5c(=O)[nH]c(N)nc54)O3)C(OC)C2O)nc(N)[nH]c1=O. The number of nitrogens with one attached hydrogen (secondary N) is 4. The van der Waals surface area contributed by atoms with Crippen LogP contribution < -0.4 is 33.2 Å². The van der Waals surface area contributed by atoms with Crippen LogP contribution in [0.5, 0.6) is 0 Å². The van der Waals surface area contributed by atoms with E-state index in [1.54, 1.807) is 4.57 Å². The van der Waals surface area contributed by atoms with Gasteiger partial charge in [0.05, 0.1) is 19.0 Å². The van der Waals surface area contributed by atoms with E-state index in [9.17, 15) is 33.9 Å². The maximum Gasteiger partial charge on any atom is 0.479 e. The van der Waals surface area contributed by atoms with Crippen molar-refractivity contribution >= 4 is 59.6 Å². The molecular weight excluding hydrogens is 725 g/mol. The van der Waals surface area contributed by atoms with Crippen molar-refractivity contribution in [2.24, 2.45) is 0 Å². The predicted molar refractivity (Wildman–Crippen MR) is 167 cm³/mol. The number of hydrogen-bond acceptors (Lipinski definition) is 21. The van der Waals surface area contributed by atoms with Gasteiger partial charge in [-0.05, 0) is 12.8 Å². The first kappa shape index (κ1) is 37.3. The van der Waals surface area contributed by atoms with Gasteiger partial charge in [-0.1, -0.05) is 0 Å². The molecule has 49 heavy (non-hydrogen) atoms. The summed E-state index contributed by atoms with van der Waals surface area (Å²) < 4.78 is 49.5. The Labute approximate surface area is 276 Å². The van der Waals surface area contributed by atoms with E-state index >= 15 is 0 Å². The van der Waals surface area contributed by atoms with Crippen LogP contribution in [0, 0.1) is 0 Å². The zero-order valence-corrected chi connectivity index (χ0v) is 28.1. The van der Waals surface area contributed by atoms with E-state index in [-0.39, 0.29) is 41.2 Å². The molecule has 0 aliphatic carbocycles. The van der Waals surface area contributed by atoms with Gasteiger partial charge in [0.25, 0.3) is 11.1 Å². The Bertz CT molecular complexity index is 1770. The summed E-state index contributed by atoms with van der Waals surface area (Å²) in [6, 6.07) is 0. The number of aliphatic hydroxyl groups is 1. The highest BCUT2D eigenvalue weighted by Crippen LogP contribution is 2.60. The molecule has 2 fully saturated rings. The lowest BCUT2D eigenvalue weighted by atomic mass is 10.1. The first-order valence-corrected chi connectivity index (χ1v) is 17.7. The van der Waals surface area contributed by atoms with Gasteiger partial charge in [0.15, 0.2) is 23.2 Å². The molecule has 5 heterocycles. The normalized spacial score (nSPS) is 26.5. The number of nitrogen functional groups attached to an aromatic ring is 2.